The first-order valence-electron chi connectivity index (χ1n) is 11.2. The predicted octanol–water partition coefficient (Wildman–Crippen LogP) is 7.16. The van der Waals surface area contributed by atoms with Gasteiger partial charge in [-0.1, -0.05) is 77.0 Å². The SMILES string of the molecule is C[S+](=O)(CC(=O)c1ccc(-c2ccccc2)cc1)c1ccccc1.Fc1c(F)c(F)c([B-](F)(F)F)c(F)c1F. The Bertz CT molecular complexity index is 1480. The Morgan fingerprint density at radius 3 is 1.51 bits per heavy atom. The van der Waals surface area contributed by atoms with Crippen LogP contribution in [0.1, 0.15) is 10.4 Å². The van der Waals surface area contributed by atoms with Crippen LogP contribution in [0.5, 0.6) is 0 Å². The Morgan fingerprint density at radius 1 is 0.641 bits per heavy atom. The van der Waals surface area contributed by atoms with Crippen molar-refractivity contribution in [1.29, 1.82) is 0 Å². The van der Waals surface area contributed by atoms with Crippen LogP contribution in [0.25, 0.3) is 11.1 Å². The zero-order valence-electron chi connectivity index (χ0n) is 20.1. The van der Waals surface area contributed by atoms with Crippen molar-refractivity contribution in [2.75, 3.05) is 12.0 Å². The van der Waals surface area contributed by atoms with Crippen LogP contribution in [0.2, 0.25) is 0 Å². The summed E-state index contributed by atoms with van der Waals surface area (Å²) in [6.45, 7) is -6.30. The summed E-state index contributed by atoms with van der Waals surface area (Å²) in [5, 5.41) is 0. The lowest BCUT2D eigenvalue weighted by molar-refractivity contribution is 0.102. The molecule has 0 saturated carbocycles. The molecule has 1 unspecified atom stereocenters. The van der Waals surface area contributed by atoms with E-state index in [1.807, 2.05) is 84.9 Å². The molecule has 0 N–H and O–H groups in total. The molecule has 39 heavy (non-hydrogen) atoms. The Hall–Kier alpha value is -3.80. The Kier molecular flexibility index (Phi) is 9.11. The van der Waals surface area contributed by atoms with Gasteiger partial charge in [0.2, 0.25) is 5.78 Å². The van der Waals surface area contributed by atoms with E-state index in [0.717, 1.165) is 16.0 Å². The maximum atomic E-state index is 12.8. The highest BCUT2D eigenvalue weighted by Crippen LogP contribution is 2.23. The van der Waals surface area contributed by atoms with Crippen LogP contribution in [0, 0.1) is 29.1 Å². The van der Waals surface area contributed by atoms with Gasteiger partial charge in [0.25, 0.3) is 0 Å². The highest BCUT2D eigenvalue weighted by atomic mass is 32.2. The van der Waals surface area contributed by atoms with Gasteiger partial charge >= 0.3 is 6.98 Å². The van der Waals surface area contributed by atoms with E-state index < -0.39 is 51.5 Å². The van der Waals surface area contributed by atoms with Crippen LogP contribution in [0.15, 0.2) is 89.8 Å². The lowest BCUT2D eigenvalue weighted by atomic mass is 9.79. The molecular formula is C27H19BF8O2S. The summed E-state index contributed by atoms with van der Waals surface area (Å²) in [7, 11) is -2.37. The lowest BCUT2D eigenvalue weighted by Gasteiger charge is -2.17. The summed E-state index contributed by atoms with van der Waals surface area (Å²) in [6, 6.07) is 26.7. The molecule has 0 aliphatic carbocycles. The van der Waals surface area contributed by atoms with Crippen LogP contribution in [-0.4, -0.2) is 24.8 Å². The number of rotatable bonds is 6. The fraction of sp³-hybridized carbons (Fsp3) is 0.0741. The number of carbonyl (C=O) groups excluding carboxylic acids is 1. The molecule has 4 rings (SSSR count). The van der Waals surface area contributed by atoms with Gasteiger partial charge < -0.3 is 12.9 Å². The minimum Gasteiger partial charge on any atom is -0.445 e. The predicted molar refractivity (Wildman–Crippen MR) is 135 cm³/mol. The smallest absolute Gasteiger partial charge is 0.445 e. The van der Waals surface area contributed by atoms with Crippen molar-refractivity contribution in [2.24, 2.45) is 0 Å². The number of carbonyl (C=O) groups is 1. The van der Waals surface area contributed by atoms with Crippen LogP contribution < -0.4 is 5.46 Å². The standard InChI is InChI=1S/C21H19O2S.C6BF8/c1-24(23,20-10-6-3-7-11-20)16-21(22)19-14-12-18(13-15-19)17-8-4-2-5-9-17;8-2-1(7(13,14)15)3(9)5(11)6(12)4(2)10/h2-15H,16H2,1H3;/q+1;-1. The quantitative estimate of drug-likeness (QED) is 0.0616. The van der Waals surface area contributed by atoms with Gasteiger partial charge in [-0.25, -0.2) is 22.0 Å². The number of hydrogen-bond acceptors (Lipinski definition) is 2. The molecule has 204 valence electrons. The third kappa shape index (κ3) is 7.00. The van der Waals surface area contributed by atoms with Crippen molar-refractivity contribution in [2.45, 2.75) is 4.90 Å². The monoisotopic (exact) mass is 570 g/mol. The number of hydrogen-bond donors (Lipinski definition) is 0. The maximum Gasteiger partial charge on any atom is 0.515 e. The van der Waals surface area contributed by atoms with Gasteiger partial charge in [0.1, 0.15) is 27.8 Å². The first-order valence-corrected chi connectivity index (χ1v) is 13.3. The second kappa shape index (κ2) is 11.9. The summed E-state index contributed by atoms with van der Waals surface area (Å²) >= 11 is 0. The molecule has 1 atom stereocenters. The third-order valence-corrected chi connectivity index (χ3v) is 7.62. The maximum absolute atomic E-state index is 12.8. The summed E-state index contributed by atoms with van der Waals surface area (Å²) in [5.41, 5.74) is 0.0408. The summed E-state index contributed by atoms with van der Waals surface area (Å²) in [6.07, 6.45) is 1.65. The second-order valence-corrected chi connectivity index (χ2v) is 11.2. The minimum atomic E-state index is -6.30. The molecule has 0 aromatic heterocycles. The normalized spacial score (nSPS) is 12.7. The molecule has 0 bridgehead atoms. The molecule has 0 heterocycles. The Balaban J connectivity index is 0.000000242. The van der Waals surface area contributed by atoms with Crippen LogP contribution in [0.4, 0.5) is 34.9 Å². The molecule has 4 aromatic carbocycles. The molecule has 0 spiro atoms. The zero-order chi connectivity index (χ0) is 29.0. The molecule has 0 aliphatic heterocycles. The number of Topliss-reactive ketones (excluding diaryl/α,β-unsaturated/α-hetero) is 1. The van der Waals surface area contributed by atoms with Gasteiger partial charge in [-0.05, 0) is 28.7 Å². The van der Waals surface area contributed by atoms with Gasteiger partial charge in [-0.2, -0.15) is 0 Å². The molecule has 0 aliphatic rings. The molecule has 0 radical (unpaired) electrons. The fourth-order valence-electron chi connectivity index (χ4n) is 3.51. The van der Waals surface area contributed by atoms with E-state index in [-0.39, 0.29) is 11.5 Å². The van der Waals surface area contributed by atoms with Crippen molar-refractivity contribution >= 4 is 28.2 Å². The molecule has 2 nitrogen and oxygen atoms in total. The van der Waals surface area contributed by atoms with Crippen molar-refractivity contribution < 1.29 is 43.9 Å². The topological polar surface area (TPSA) is 34.1 Å². The number of halogens is 8. The number of ketones is 1. The molecule has 12 heteroatoms. The lowest BCUT2D eigenvalue weighted by Crippen LogP contribution is -2.41. The highest BCUT2D eigenvalue weighted by Gasteiger charge is 2.38. The van der Waals surface area contributed by atoms with Crippen molar-refractivity contribution in [3.63, 3.8) is 0 Å². The van der Waals surface area contributed by atoms with Crippen LogP contribution in [0.3, 0.4) is 0 Å². The van der Waals surface area contributed by atoms with Gasteiger partial charge in [0, 0.05) is 5.56 Å². The van der Waals surface area contributed by atoms with E-state index in [1.54, 1.807) is 6.26 Å². The van der Waals surface area contributed by atoms with Gasteiger partial charge in [-0.3, -0.25) is 4.79 Å². The van der Waals surface area contributed by atoms with Crippen LogP contribution >= 0.6 is 0 Å². The van der Waals surface area contributed by atoms with E-state index in [1.165, 1.54) is 0 Å². The summed E-state index contributed by atoms with van der Waals surface area (Å²) in [5.74, 6) is -13.6. The van der Waals surface area contributed by atoms with Crippen molar-refractivity contribution in [1.82, 2.24) is 0 Å². The first-order chi connectivity index (χ1) is 18.2. The second-order valence-electron chi connectivity index (χ2n) is 8.39. The molecule has 4 aromatic rings. The fourth-order valence-corrected chi connectivity index (χ4v) is 5.08. The molecular weight excluding hydrogens is 551 g/mol. The summed E-state index contributed by atoms with van der Waals surface area (Å²) < 4.78 is 110. The zero-order valence-corrected chi connectivity index (χ0v) is 20.9. The van der Waals surface area contributed by atoms with Crippen molar-refractivity contribution in [3.8, 4) is 11.1 Å². The molecule has 0 saturated heterocycles. The third-order valence-electron chi connectivity index (χ3n) is 5.53. The van der Waals surface area contributed by atoms with E-state index in [9.17, 15) is 43.9 Å². The average Bonchev–Trinajstić information content (AvgIpc) is 2.91. The van der Waals surface area contributed by atoms with Crippen LogP contribution in [-0.2, 0) is 14.1 Å². The van der Waals surface area contributed by atoms with E-state index in [0.29, 0.717) is 5.56 Å². The average molecular weight is 570 g/mol. The van der Waals surface area contributed by atoms with Gasteiger partial charge in [-0.15, -0.1) is 0 Å². The first kappa shape index (κ1) is 29.8. The summed E-state index contributed by atoms with van der Waals surface area (Å²) in [4.78, 5) is 13.2. The Labute approximate surface area is 219 Å². The van der Waals surface area contributed by atoms with E-state index in [4.69, 9.17) is 0 Å². The van der Waals surface area contributed by atoms with Gasteiger partial charge in [0.05, 0.1) is 0 Å². The molecule has 0 fully saturated rings. The highest BCUT2D eigenvalue weighted by molar-refractivity contribution is 8.03. The Morgan fingerprint density at radius 2 is 1.05 bits per heavy atom. The largest absolute Gasteiger partial charge is 0.515 e. The number of benzene rings is 4. The minimum absolute atomic E-state index is 0.0295. The van der Waals surface area contributed by atoms with Gasteiger partial charge in [0.15, 0.2) is 28.1 Å². The van der Waals surface area contributed by atoms with E-state index in [2.05, 4.69) is 0 Å². The van der Waals surface area contributed by atoms with Crippen molar-refractivity contribution in [3.05, 3.63) is 120 Å². The van der Waals surface area contributed by atoms with E-state index >= 15 is 0 Å². The molecule has 0 amide bonds.